The molecule has 0 unspecified atom stereocenters. The lowest BCUT2D eigenvalue weighted by atomic mass is 10.2. The smallest absolute Gasteiger partial charge is 0.163 e. The lowest BCUT2D eigenvalue weighted by molar-refractivity contribution is 0.493. The summed E-state index contributed by atoms with van der Waals surface area (Å²) in [6.45, 7) is 1.89. The zero-order valence-corrected chi connectivity index (χ0v) is 12.5. The van der Waals surface area contributed by atoms with Crippen molar-refractivity contribution in [1.29, 1.82) is 5.41 Å². The molecule has 3 rings (SSSR count). The van der Waals surface area contributed by atoms with E-state index in [1.807, 2.05) is 19.1 Å². The Kier molecular flexibility index (Phi) is 3.87. The van der Waals surface area contributed by atoms with Gasteiger partial charge in [0.15, 0.2) is 17.3 Å². The van der Waals surface area contributed by atoms with Crippen LogP contribution in [-0.4, -0.2) is 27.0 Å². The van der Waals surface area contributed by atoms with E-state index < -0.39 is 11.6 Å². The third kappa shape index (κ3) is 2.70. The van der Waals surface area contributed by atoms with Crippen LogP contribution >= 0.6 is 0 Å². The van der Waals surface area contributed by atoms with Crippen LogP contribution < -0.4 is 5.73 Å². The monoisotopic (exact) mass is 315 g/mol. The van der Waals surface area contributed by atoms with Gasteiger partial charge in [-0.15, -0.1) is 0 Å². The van der Waals surface area contributed by atoms with E-state index in [-0.39, 0.29) is 24.4 Å². The van der Waals surface area contributed by atoms with E-state index in [4.69, 9.17) is 11.1 Å². The normalized spacial score (nSPS) is 11.1. The summed E-state index contributed by atoms with van der Waals surface area (Å²) in [5, 5.41) is 12.9. The zero-order valence-electron chi connectivity index (χ0n) is 12.5. The van der Waals surface area contributed by atoms with Crippen molar-refractivity contribution in [3.05, 3.63) is 58.9 Å². The number of fused-ring (bicyclic) bond motifs is 1. The molecule has 0 radical (unpaired) electrons. The van der Waals surface area contributed by atoms with Crippen molar-refractivity contribution in [2.45, 2.75) is 13.5 Å². The number of nitrogens with two attached hydrogens (primary N) is 1. The van der Waals surface area contributed by atoms with E-state index in [1.54, 1.807) is 0 Å². The first-order chi connectivity index (χ1) is 11.0. The first-order valence-corrected chi connectivity index (χ1v) is 7.06. The van der Waals surface area contributed by atoms with Crippen LogP contribution in [0.4, 0.5) is 8.78 Å². The van der Waals surface area contributed by atoms with Crippen LogP contribution in [0.5, 0.6) is 0 Å². The Morgan fingerprint density at radius 3 is 2.78 bits per heavy atom. The quantitative estimate of drug-likeness (QED) is 0.725. The van der Waals surface area contributed by atoms with Gasteiger partial charge in [-0.1, -0.05) is 12.1 Å². The fraction of sp³-hybridized carbons (Fsp3) is 0.188. The fourth-order valence-corrected chi connectivity index (χ4v) is 2.41. The molecule has 0 bridgehead atoms. The van der Waals surface area contributed by atoms with E-state index in [0.29, 0.717) is 16.7 Å². The van der Waals surface area contributed by atoms with Crippen molar-refractivity contribution < 1.29 is 8.78 Å². The number of rotatable bonds is 4. The minimum absolute atomic E-state index is 0.0222. The second-order valence-electron chi connectivity index (χ2n) is 5.23. The molecule has 0 amide bonds. The third-order valence-electron chi connectivity index (χ3n) is 3.58. The van der Waals surface area contributed by atoms with Gasteiger partial charge in [0.05, 0.1) is 12.3 Å². The Hall–Kier alpha value is -2.67. The minimum atomic E-state index is -0.905. The maximum atomic E-state index is 13.9. The number of halogens is 2. The highest BCUT2D eigenvalue weighted by Gasteiger charge is 2.17. The maximum absolute atomic E-state index is 13.9. The number of aryl methyl sites for hydroxylation is 1. The first kappa shape index (κ1) is 15.2. The molecule has 5 nitrogen and oxygen atoms in total. The van der Waals surface area contributed by atoms with Crippen molar-refractivity contribution in [3.63, 3.8) is 0 Å². The molecule has 23 heavy (non-hydrogen) atoms. The van der Waals surface area contributed by atoms with Crippen molar-refractivity contribution in [1.82, 2.24) is 14.8 Å². The molecule has 0 aliphatic heterocycles. The van der Waals surface area contributed by atoms with Crippen LogP contribution in [-0.2, 0) is 6.54 Å². The molecule has 2 heterocycles. The summed E-state index contributed by atoms with van der Waals surface area (Å²) in [5.74, 6) is -1.81. The van der Waals surface area contributed by atoms with Crippen LogP contribution in [0.2, 0.25) is 0 Å². The summed E-state index contributed by atoms with van der Waals surface area (Å²) in [7, 11) is 0. The second-order valence-corrected chi connectivity index (χ2v) is 5.23. The highest BCUT2D eigenvalue weighted by molar-refractivity contribution is 6.07. The van der Waals surface area contributed by atoms with Crippen LogP contribution in [0.25, 0.3) is 11.0 Å². The van der Waals surface area contributed by atoms with Gasteiger partial charge >= 0.3 is 0 Å². The van der Waals surface area contributed by atoms with Gasteiger partial charge in [0.1, 0.15) is 5.69 Å². The van der Waals surface area contributed by atoms with E-state index in [0.717, 1.165) is 11.8 Å². The summed E-state index contributed by atoms with van der Waals surface area (Å²) in [5.41, 5.74) is 7.56. The Balaban J connectivity index is 2.15. The van der Waals surface area contributed by atoms with Gasteiger partial charge < -0.3 is 11.1 Å². The lowest BCUT2D eigenvalue weighted by Crippen LogP contribution is -2.15. The topological polar surface area (TPSA) is 80.6 Å². The highest BCUT2D eigenvalue weighted by Crippen LogP contribution is 2.20. The van der Waals surface area contributed by atoms with Crippen molar-refractivity contribution in [3.8, 4) is 0 Å². The number of benzene rings is 1. The van der Waals surface area contributed by atoms with Crippen molar-refractivity contribution >= 4 is 16.7 Å². The lowest BCUT2D eigenvalue weighted by Gasteiger charge is -2.05. The van der Waals surface area contributed by atoms with Crippen LogP contribution in [0.1, 0.15) is 17.0 Å². The van der Waals surface area contributed by atoms with Crippen molar-refractivity contribution in [2.75, 3.05) is 6.54 Å². The molecule has 0 saturated heterocycles. The Morgan fingerprint density at radius 1 is 1.26 bits per heavy atom. The van der Waals surface area contributed by atoms with Crippen molar-refractivity contribution in [2.24, 2.45) is 5.73 Å². The molecule has 0 saturated carbocycles. The Labute approximate surface area is 131 Å². The van der Waals surface area contributed by atoms with Gasteiger partial charge in [-0.2, -0.15) is 5.10 Å². The predicted octanol–water partition coefficient (Wildman–Crippen LogP) is 2.39. The largest absolute Gasteiger partial charge is 0.325 e. The predicted molar refractivity (Wildman–Crippen MR) is 83.6 cm³/mol. The molecular formula is C16H15F2N5. The molecule has 3 N–H and O–H groups in total. The number of hydrogen-bond acceptors (Lipinski definition) is 4. The van der Waals surface area contributed by atoms with E-state index in [1.165, 1.54) is 16.8 Å². The zero-order chi connectivity index (χ0) is 16.6. The number of pyridine rings is 1. The summed E-state index contributed by atoms with van der Waals surface area (Å²) in [4.78, 5) is 4.41. The molecule has 0 fully saturated rings. The van der Waals surface area contributed by atoms with Crippen LogP contribution in [0, 0.1) is 24.0 Å². The summed E-state index contributed by atoms with van der Waals surface area (Å²) < 4.78 is 28.7. The van der Waals surface area contributed by atoms with E-state index in [2.05, 4.69) is 10.1 Å². The molecule has 1 aromatic carbocycles. The fourth-order valence-electron chi connectivity index (χ4n) is 2.41. The van der Waals surface area contributed by atoms with Gasteiger partial charge in [0.25, 0.3) is 0 Å². The summed E-state index contributed by atoms with van der Waals surface area (Å²) in [6, 6.07) is 7.63. The van der Waals surface area contributed by atoms with Gasteiger partial charge in [0, 0.05) is 23.2 Å². The van der Waals surface area contributed by atoms with Gasteiger partial charge in [0.2, 0.25) is 0 Å². The second kappa shape index (κ2) is 5.85. The minimum Gasteiger partial charge on any atom is -0.325 e. The molecular weight excluding hydrogens is 300 g/mol. The molecule has 7 heteroatoms. The molecule has 0 spiro atoms. The number of nitrogens with zero attached hydrogens (tertiary/aromatic N) is 3. The van der Waals surface area contributed by atoms with E-state index >= 15 is 0 Å². The Morgan fingerprint density at radius 2 is 2.04 bits per heavy atom. The maximum Gasteiger partial charge on any atom is 0.163 e. The number of aromatic nitrogens is 3. The van der Waals surface area contributed by atoms with Gasteiger partial charge in [-0.05, 0) is 25.1 Å². The average Bonchev–Trinajstić information content (AvgIpc) is 2.89. The first-order valence-electron chi connectivity index (χ1n) is 7.06. The van der Waals surface area contributed by atoms with E-state index in [9.17, 15) is 8.78 Å². The molecule has 0 aliphatic rings. The number of hydrogen-bond donors (Lipinski definition) is 2. The molecule has 0 atom stereocenters. The SMILES string of the molecule is Cc1ccc2c(C(=N)CN)nn(Cc3cccc(F)c3F)c2n1. The molecule has 0 aliphatic carbocycles. The van der Waals surface area contributed by atoms with Crippen LogP contribution in [0.3, 0.4) is 0 Å². The number of nitrogens with one attached hydrogen (secondary N) is 1. The standard InChI is InChI=1S/C16H15F2N5/c1-9-5-6-11-15(13(20)7-19)22-23(16(11)21-9)8-10-3-2-4-12(17)14(10)18/h2-6,20H,7-8,19H2,1H3. The highest BCUT2D eigenvalue weighted by atomic mass is 19.2. The summed E-state index contributed by atoms with van der Waals surface area (Å²) in [6.07, 6.45) is 0. The molecule has 2 aromatic heterocycles. The van der Waals surface area contributed by atoms with Crippen LogP contribution in [0.15, 0.2) is 30.3 Å². The molecule has 118 valence electrons. The third-order valence-corrected chi connectivity index (χ3v) is 3.58. The molecule has 3 aromatic rings. The summed E-state index contributed by atoms with van der Waals surface area (Å²) >= 11 is 0. The van der Waals surface area contributed by atoms with Gasteiger partial charge in [-0.25, -0.2) is 18.4 Å². The average molecular weight is 315 g/mol. The Bertz CT molecular complexity index is 901. The van der Waals surface area contributed by atoms with Gasteiger partial charge in [-0.3, -0.25) is 0 Å².